The van der Waals surface area contributed by atoms with E-state index in [0.29, 0.717) is 29.1 Å². The number of carbonyl (C=O) groups excluding carboxylic acids is 1. The molecule has 1 aliphatic heterocycles. The summed E-state index contributed by atoms with van der Waals surface area (Å²) in [5.74, 6) is -0.0135. The molecule has 4 nitrogen and oxygen atoms in total. The quantitative estimate of drug-likeness (QED) is 0.537. The molecule has 0 atom stereocenters. The van der Waals surface area contributed by atoms with Crippen LogP contribution in [0.5, 0.6) is 5.75 Å². The van der Waals surface area contributed by atoms with E-state index in [1.165, 1.54) is 12.5 Å². The normalized spacial score (nSPS) is 17.9. The number of alkyl halides is 2. The van der Waals surface area contributed by atoms with Crippen molar-refractivity contribution in [1.29, 1.82) is 0 Å². The van der Waals surface area contributed by atoms with Gasteiger partial charge in [0.2, 0.25) is 0 Å². The number of benzene rings is 2. The van der Waals surface area contributed by atoms with Crippen molar-refractivity contribution in [2.45, 2.75) is 38.7 Å². The van der Waals surface area contributed by atoms with Gasteiger partial charge in [-0.3, -0.25) is 4.79 Å². The molecule has 2 aromatic carbocycles. The second-order valence-corrected chi connectivity index (χ2v) is 8.36. The summed E-state index contributed by atoms with van der Waals surface area (Å²) < 4.78 is 30.4. The van der Waals surface area contributed by atoms with Crippen molar-refractivity contribution in [1.82, 2.24) is 4.90 Å². The van der Waals surface area contributed by atoms with Crippen LogP contribution in [-0.4, -0.2) is 30.5 Å². The molecule has 168 valence electrons. The Bertz CT molecular complexity index is 1030. The SMILES string of the molecule is O=C(Nc1ccc(Cl)cc1)C1=C(N2CCCCC2)/C(=C/c2ccccc2OC(F)F)CC1. The number of amides is 1. The Balaban J connectivity index is 1.68. The number of likely N-dealkylation sites (tertiary alicyclic amines) is 1. The number of anilines is 1. The van der Waals surface area contributed by atoms with Crippen molar-refractivity contribution in [2.24, 2.45) is 0 Å². The Labute approximate surface area is 191 Å². The van der Waals surface area contributed by atoms with Crippen LogP contribution in [0.1, 0.15) is 37.7 Å². The van der Waals surface area contributed by atoms with Crippen LogP contribution in [0, 0.1) is 0 Å². The number of ether oxygens (including phenoxy) is 1. The minimum absolute atomic E-state index is 0.132. The summed E-state index contributed by atoms with van der Waals surface area (Å²) in [4.78, 5) is 15.4. The van der Waals surface area contributed by atoms with Gasteiger partial charge in [-0.1, -0.05) is 29.8 Å². The molecule has 0 spiro atoms. The molecule has 0 saturated carbocycles. The van der Waals surface area contributed by atoms with Crippen LogP contribution in [0.15, 0.2) is 65.4 Å². The van der Waals surface area contributed by atoms with Gasteiger partial charge >= 0.3 is 6.61 Å². The number of piperidine rings is 1. The summed E-state index contributed by atoms with van der Waals surface area (Å²) in [6.07, 6.45) is 6.43. The summed E-state index contributed by atoms with van der Waals surface area (Å²) >= 11 is 5.95. The highest BCUT2D eigenvalue weighted by molar-refractivity contribution is 6.30. The number of hydrogen-bond acceptors (Lipinski definition) is 3. The minimum atomic E-state index is -2.89. The monoisotopic (exact) mass is 458 g/mol. The lowest BCUT2D eigenvalue weighted by atomic mass is 10.0. The molecule has 0 radical (unpaired) electrons. The van der Waals surface area contributed by atoms with E-state index in [4.69, 9.17) is 16.3 Å². The Kier molecular flexibility index (Phi) is 7.10. The van der Waals surface area contributed by atoms with Gasteiger partial charge < -0.3 is 15.0 Å². The van der Waals surface area contributed by atoms with Gasteiger partial charge in [0.25, 0.3) is 5.91 Å². The minimum Gasteiger partial charge on any atom is -0.434 e. The zero-order valence-corrected chi connectivity index (χ0v) is 18.4. The highest BCUT2D eigenvalue weighted by Gasteiger charge is 2.30. The zero-order valence-electron chi connectivity index (χ0n) is 17.6. The highest BCUT2D eigenvalue weighted by Crippen LogP contribution is 2.38. The zero-order chi connectivity index (χ0) is 22.5. The van der Waals surface area contributed by atoms with Crippen LogP contribution in [0.25, 0.3) is 6.08 Å². The van der Waals surface area contributed by atoms with Crippen LogP contribution in [0.2, 0.25) is 5.02 Å². The molecular formula is C25H25ClF2N2O2. The second kappa shape index (κ2) is 10.2. The topological polar surface area (TPSA) is 41.6 Å². The maximum absolute atomic E-state index is 13.2. The first kappa shape index (κ1) is 22.3. The van der Waals surface area contributed by atoms with Gasteiger partial charge in [0, 0.05) is 40.6 Å². The van der Waals surface area contributed by atoms with Gasteiger partial charge in [0.05, 0.1) is 0 Å². The Morgan fingerprint density at radius 2 is 1.75 bits per heavy atom. The predicted octanol–water partition coefficient (Wildman–Crippen LogP) is 6.50. The smallest absolute Gasteiger partial charge is 0.387 e. The van der Waals surface area contributed by atoms with Gasteiger partial charge in [-0.2, -0.15) is 8.78 Å². The lowest BCUT2D eigenvalue weighted by molar-refractivity contribution is -0.113. The average molecular weight is 459 g/mol. The van der Waals surface area contributed by atoms with Crippen LogP contribution >= 0.6 is 11.6 Å². The van der Waals surface area contributed by atoms with E-state index in [-0.39, 0.29) is 11.7 Å². The third-order valence-corrected chi connectivity index (χ3v) is 6.00. The average Bonchev–Trinajstić information content (AvgIpc) is 3.21. The number of rotatable bonds is 6. The molecule has 7 heteroatoms. The summed E-state index contributed by atoms with van der Waals surface area (Å²) in [5.41, 5.74) is 3.87. The van der Waals surface area contributed by atoms with Gasteiger partial charge in [-0.25, -0.2) is 0 Å². The first-order valence-electron chi connectivity index (χ1n) is 10.8. The van der Waals surface area contributed by atoms with Crippen LogP contribution < -0.4 is 10.1 Å². The van der Waals surface area contributed by atoms with Crippen LogP contribution in [0.4, 0.5) is 14.5 Å². The first-order chi connectivity index (χ1) is 15.5. The number of hydrogen-bond donors (Lipinski definition) is 1. The predicted molar refractivity (Wildman–Crippen MR) is 123 cm³/mol. The fourth-order valence-electron chi connectivity index (χ4n) is 4.29. The number of allylic oxidation sites excluding steroid dienone is 1. The Hall–Kier alpha value is -2.86. The largest absolute Gasteiger partial charge is 0.434 e. The van der Waals surface area contributed by atoms with Crippen LogP contribution in [0.3, 0.4) is 0 Å². The van der Waals surface area contributed by atoms with E-state index < -0.39 is 6.61 Å². The van der Waals surface area contributed by atoms with E-state index in [9.17, 15) is 13.6 Å². The first-order valence-corrected chi connectivity index (χ1v) is 11.2. The van der Waals surface area contributed by atoms with Crippen molar-refractivity contribution in [2.75, 3.05) is 18.4 Å². The third-order valence-electron chi connectivity index (χ3n) is 5.75. The van der Waals surface area contributed by atoms with E-state index in [2.05, 4.69) is 10.2 Å². The summed E-state index contributed by atoms with van der Waals surface area (Å²) in [5, 5.41) is 3.57. The maximum Gasteiger partial charge on any atom is 0.387 e. The molecule has 0 unspecified atom stereocenters. The van der Waals surface area contributed by atoms with Gasteiger partial charge in [-0.15, -0.1) is 0 Å². The fourth-order valence-corrected chi connectivity index (χ4v) is 4.42. The van der Waals surface area contributed by atoms with Gasteiger partial charge in [-0.05, 0) is 74.1 Å². The molecule has 0 aromatic heterocycles. The Morgan fingerprint density at radius 1 is 1.03 bits per heavy atom. The van der Waals surface area contributed by atoms with Gasteiger partial charge in [0.15, 0.2) is 0 Å². The summed E-state index contributed by atoms with van der Waals surface area (Å²) in [7, 11) is 0. The molecule has 1 amide bonds. The third kappa shape index (κ3) is 5.30. The van der Waals surface area contributed by atoms with Gasteiger partial charge in [0.1, 0.15) is 5.75 Å². The molecule has 1 aliphatic carbocycles. The molecule has 0 bridgehead atoms. The number of carbonyl (C=O) groups is 1. The van der Waals surface area contributed by atoms with E-state index in [1.54, 1.807) is 42.5 Å². The molecule has 2 aliphatic rings. The summed E-state index contributed by atoms with van der Waals surface area (Å²) in [6.45, 7) is -1.14. The van der Waals surface area contributed by atoms with Crippen molar-refractivity contribution in [3.8, 4) is 5.75 Å². The number of nitrogens with one attached hydrogen (secondary N) is 1. The second-order valence-electron chi connectivity index (χ2n) is 7.92. The highest BCUT2D eigenvalue weighted by atomic mass is 35.5. The lowest BCUT2D eigenvalue weighted by Gasteiger charge is -2.31. The van der Waals surface area contributed by atoms with Crippen molar-refractivity contribution < 1.29 is 18.3 Å². The van der Waals surface area contributed by atoms with E-state index in [1.807, 2.05) is 6.08 Å². The van der Waals surface area contributed by atoms with Crippen molar-refractivity contribution in [3.63, 3.8) is 0 Å². The lowest BCUT2D eigenvalue weighted by Crippen LogP contribution is -2.31. The molecule has 1 N–H and O–H groups in total. The molecule has 1 heterocycles. The molecule has 1 saturated heterocycles. The maximum atomic E-state index is 13.2. The number of halogens is 3. The van der Waals surface area contributed by atoms with E-state index >= 15 is 0 Å². The number of nitrogens with zero attached hydrogens (tertiary/aromatic N) is 1. The standard InChI is InChI=1S/C25H25ClF2N2O2/c26-19-9-11-20(12-10-19)29-24(31)21-13-8-18(23(21)30-14-4-1-5-15-30)16-17-6-2-3-7-22(17)32-25(27)28/h2-3,6-7,9-12,16,25H,1,4-5,8,13-15H2,(H,29,31)/b18-16+. The van der Waals surface area contributed by atoms with E-state index in [0.717, 1.165) is 42.8 Å². The molecule has 1 fully saturated rings. The molecular weight excluding hydrogens is 434 g/mol. The molecule has 4 rings (SSSR count). The fraction of sp³-hybridized carbons (Fsp3) is 0.320. The van der Waals surface area contributed by atoms with Crippen LogP contribution in [-0.2, 0) is 4.79 Å². The van der Waals surface area contributed by atoms with Crippen molar-refractivity contribution >= 4 is 29.3 Å². The van der Waals surface area contributed by atoms with Crippen molar-refractivity contribution in [3.05, 3.63) is 76.0 Å². The Morgan fingerprint density at radius 3 is 2.47 bits per heavy atom. The molecule has 32 heavy (non-hydrogen) atoms. The molecule has 2 aromatic rings. The number of para-hydroxylation sites is 1. The summed E-state index contributed by atoms with van der Waals surface area (Å²) in [6, 6.07) is 13.7.